The number of para-hydroxylation sites is 1. The topological polar surface area (TPSA) is 53.2 Å². The summed E-state index contributed by atoms with van der Waals surface area (Å²) in [5.41, 5.74) is 3.09. The number of ether oxygens (including phenoxy) is 1. The Hall–Kier alpha value is -3.01. The standard InChI is InChI=1S/C19H17N3O/c1-12-7-8-14(20-12)10-18-19(23-2)11-17(22-18)16-9-13-5-3-4-6-15(13)21-16/h3-11,20,22H,1-2H3/b17-16-,18-10+. The monoisotopic (exact) mass is 303 g/mol. The van der Waals surface area contributed by atoms with Crippen molar-refractivity contribution in [2.45, 2.75) is 6.92 Å². The summed E-state index contributed by atoms with van der Waals surface area (Å²) >= 11 is 0. The van der Waals surface area contributed by atoms with Gasteiger partial charge in [0.05, 0.1) is 28.9 Å². The van der Waals surface area contributed by atoms with Crippen molar-refractivity contribution in [1.82, 2.24) is 9.97 Å². The zero-order valence-electron chi connectivity index (χ0n) is 13.1. The average Bonchev–Trinajstić information content (AvgIpc) is 3.25. The molecule has 0 saturated heterocycles. The predicted octanol–water partition coefficient (Wildman–Crippen LogP) is 0.711. The number of benzene rings is 1. The Balaban J connectivity index is 1.91. The van der Waals surface area contributed by atoms with Crippen molar-refractivity contribution in [2.75, 3.05) is 7.11 Å². The highest BCUT2D eigenvalue weighted by molar-refractivity contribution is 5.76. The molecule has 0 spiro atoms. The van der Waals surface area contributed by atoms with Gasteiger partial charge >= 0.3 is 0 Å². The maximum absolute atomic E-state index is 5.50. The van der Waals surface area contributed by atoms with Gasteiger partial charge in [-0.05, 0) is 37.3 Å². The fourth-order valence-electron chi connectivity index (χ4n) is 2.79. The number of methoxy groups -OCH3 is 1. The number of fused-ring (bicyclic) bond motifs is 1. The second-order valence-corrected chi connectivity index (χ2v) is 5.61. The molecule has 0 aliphatic carbocycles. The van der Waals surface area contributed by atoms with E-state index in [-0.39, 0.29) is 0 Å². The molecule has 3 aromatic rings. The maximum atomic E-state index is 5.50. The first kappa shape index (κ1) is 13.6. The molecule has 1 aliphatic rings. The largest absolute Gasteiger partial charge is 0.494 e. The minimum absolute atomic E-state index is 0.805. The zero-order valence-corrected chi connectivity index (χ0v) is 13.1. The Bertz CT molecular complexity index is 1080. The van der Waals surface area contributed by atoms with Gasteiger partial charge in [0.2, 0.25) is 0 Å². The van der Waals surface area contributed by atoms with Crippen LogP contribution in [0.5, 0.6) is 5.75 Å². The lowest BCUT2D eigenvalue weighted by Gasteiger charge is -1.92. The lowest BCUT2D eigenvalue weighted by molar-refractivity contribution is 0.412. The lowest BCUT2D eigenvalue weighted by Crippen LogP contribution is -2.19. The minimum Gasteiger partial charge on any atom is -0.494 e. The minimum atomic E-state index is 0.805. The van der Waals surface area contributed by atoms with Crippen molar-refractivity contribution in [3.8, 4) is 5.75 Å². The van der Waals surface area contributed by atoms with E-state index in [4.69, 9.17) is 4.74 Å². The lowest BCUT2D eigenvalue weighted by atomic mass is 10.3. The van der Waals surface area contributed by atoms with Crippen molar-refractivity contribution in [1.29, 1.82) is 0 Å². The number of aromatic nitrogens is 2. The summed E-state index contributed by atoms with van der Waals surface area (Å²) in [6.45, 7) is 2.04. The second kappa shape index (κ2) is 5.32. The van der Waals surface area contributed by atoms with E-state index in [0.29, 0.717) is 0 Å². The summed E-state index contributed by atoms with van der Waals surface area (Å²) < 4.78 is 5.50. The van der Waals surface area contributed by atoms with Crippen LogP contribution < -0.4 is 26.0 Å². The van der Waals surface area contributed by atoms with Crippen LogP contribution in [0.2, 0.25) is 0 Å². The van der Waals surface area contributed by atoms with E-state index >= 15 is 0 Å². The zero-order chi connectivity index (χ0) is 15.8. The summed E-state index contributed by atoms with van der Waals surface area (Å²) in [6.07, 6.45) is 4.13. The number of hydrogen-bond acceptors (Lipinski definition) is 2. The van der Waals surface area contributed by atoms with E-state index in [1.165, 1.54) is 0 Å². The molecule has 2 aromatic heterocycles. The summed E-state index contributed by atoms with van der Waals surface area (Å²) in [5.74, 6) is 0.805. The van der Waals surface area contributed by atoms with E-state index in [9.17, 15) is 0 Å². The molecular weight excluding hydrogens is 286 g/mol. The highest BCUT2D eigenvalue weighted by Crippen LogP contribution is 2.05. The third kappa shape index (κ3) is 2.48. The molecule has 0 unspecified atom stereocenters. The molecular formula is C19H17N3O. The summed E-state index contributed by atoms with van der Waals surface area (Å²) in [7, 11) is 1.68. The molecule has 4 nitrogen and oxygen atoms in total. The smallest absolute Gasteiger partial charge is 0.144 e. The Morgan fingerprint density at radius 3 is 2.70 bits per heavy atom. The third-order valence-corrected chi connectivity index (χ3v) is 3.93. The number of hydrogen-bond donors (Lipinski definition) is 2. The van der Waals surface area contributed by atoms with E-state index in [0.717, 1.165) is 44.1 Å². The molecule has 2 N–H and O–H groups in total. The molecule has 0 atom stereocenters. The Morgan fingerprint density at radius 2 is 1.96 bits per heavy atom. The molecule has 4 heteroatoms. The molecule has 114 valence electrons. The average molecular weight is 303 g/mol. The number of aryl methyl sites for hydroxylation is 1. The van der Waals surface area contributed by atoms with Crippen molar-refractivity contribution < 1.29 is 4.74 Å². The Labute approximate surface area is 133 Å². The maximum Gasteiger partial charge on any atom is 0.144 e. The van der Waals surface area contributed by atoms with Crippen LogP contribution in [0.25, 0.3) is 17.8 Å². The fourth-order valence-corrected chi connectivity index (χ4v) is 2.79. The first-order valence-corrected chi connectivity index (χ1v) is 7.53. The molecule has 0 amide bonds. The summed E-state index contributed by atoms with van der Waals surface area (Å²) in [4.78, 5) is 11.4. The molecule has 1 aromatic carbocycles. The van der Waals surface area contributed by atoms with Crippen LogP contribution >= 0.6 is 0 Å². The molecule has 3 heterocycles. The van der Waals surface area contributed by atoms with Gasteiger partial charge in [0.25, 0.3) is 0 Å². The van der Waals surface area contributed by atoms with Gasteiger partial charge in [-0.3, -0.25) is 0 Å². The summed E-state index contributed by atoms with van der Waals surface area (Å²) in [5, 5.41) is 4.02. The van der Waals surface area contributed by atoms with Gasteiger partial charge in [0.1, 0.15) is 5.75 Å². The molecule has 0 fully saturated rings. The highest BCUT2D eigenvalue weighted by Gasteiger charge is 2.05. The van der Waals surface area contributed by atoms with Crippen LogP contribution in [0, 0.1) is 6.92 Å². The number of rotatable bonds is 2. The van der Waals surface area contributed by atoms with Crippen molar-refractivity contribution in [3.63, 3.8) is 0 Å². The van der Waals surface area contributed by atoms with Crippen LogP contribution in [-0.4, -0.2) is 17.1 Å². The Kier molecular flexibility index (Phi) is 3.15. The van der Waals surface area contributed by atoms with E-state index in [1.54, 1.807) is 7.11 Å². The van der Waals surface area contributed by atoms with E-state index in [2.05, 4.69) is 27.1 Å². The van der Waals surface area contributed by atoms with Crippen LogP contribution in [-0.2, 0) is 0 Å². The van der Waals surface area contributed by atoms with Gasteiger partial charge in [-0.25, -0.2) is 4.99 Å². The second-order valence-electron chi connectivity index (χ2n) is 5.61. The predicted molar refractivity (Wildman–Crippen MR) is 90.8 cm³/mol. The number of H-pyrrole nitrogens is 2. The highest BCUT2D eigenvalue weighted by atomic mass is 16.5. The van der Waals surface area contributed by atoms with Crippen LogP contribution in [0.1, 0.15) is 11.4 Å². The quantitative estimate of drug-likeness (QED) is 0.720. The van der Waals surface area contributed by atoms with E-state index < -0.39 is 0 Å². The van der Waals surface area contributed by atoms with Gasteiger partial charge in [0.15, 0.2) is 0 Å². The van der Waals surface area contributed by atoms with E-state index in [1.807, 2.05) is 49.4 Å². The van der Waals surface area contributed by atoms with Gasteiger partial charge in [-0.2, -0.15) is 0 Å². The van der Waals surface area contributed by atoms with Gasteiger partial charge in [-0.15, -0.1) is 0 Å². The van der Waals surface area contributed by atoms with Crippen LogP contribution in [0.4, 0.5) is 0 Å². The number of nitrogens with one attached hydrogen (secondary N) is 2. The van der Waals surface area contributed by atoms with Crippen molar-refractivity contribution >= 4 is 17.8 Å². The van der Waals surface area contributed by atoms with Crippen LogP contribution in [0.15, 0.2) is 47.5 Å². The Morgan fingerprint density at radius 1 is 1.09 bits per heavy atom. The SMILES string of the molecule is COc1c/c(=C2\C=c3ccccc3=N2)[nH]/c1=C/c1ccc(C)[nH]1. The normalized spacial score (nSPS) is 16.0. The van der Waals surface area contributed by atoms with Crippen molar-refractivity contribution in [3.05, 3.63) is 75.1 Å². The van der Waals surface area contributed by atoms with Crippen LogP contribution in [0.3, 0.4) is 0 Å². The summed E-state index contributed by atoms with van der Waals surface area (Å²) in [6, 6.07) is 14.2. The van der Waals surface area contributed by atoms with Gasteiger partial charge < -0.3 is 14.7 Å². The molecule has 0 radical (unpaired) electrons. The first-order chi connectivity index (χ1) is 11.2. The molecule has 0 bridgehead atoms. The van der Waals surface area contributed by atoms with Gasteiger partial charge in [-0.1, -0.05) is 18.2 Å². The molecule has 4 rings (SSSR count). The molecule has 1 aliphatic heterocycles. The fraction of sp³-hybridized carbons (Fsp3) is 0.105. The molecule has 0 saturated carbocycles. The third-order valence-electron chi connectivity index (χ3n) is 3.93. The van der Waals surface area contributed by atoms with Crippen molar-refractivity contribution in [2.24, 2.45) is 4.99 Å². The molecule has 23 heavy (non-hydrogen) atoms. The number of nitrogens with zero attached hydrogens (tertiary/aromatic N) is 1. The first-order valence-electron chi connectivity index (χ1n) is 7.53. The van der Waals surface area contributed by atoms with Gasteiger partial charge in [0, 0.05) is 22.7 Å². The number of aromatic amines is 2.